The van der Waals surface area contributed by atoms with E-state index in [0.29, 0.717) is 17.1 Å². The lowest BCUT2D eigenvalue weighted by atomic mass is 10.2. The molecule has 1 aromatic carbocycles. The fourth-order valence-corrected chi connectivity index (χ4v) is 3.91. The summed E-state index contributed by atoms with van der Waals surface area (Å²) in [5, 5.41) is 10.9. The number of carboxylic acid groups (broad SMARTS) is 1. The summed E-state index contributed by atoms with van der Waals surface area (Å²) < 4.78 is 40.6. The Morgan fingerprint density at radius 2 is 1.71 bits per heavy atom. The van der Waals surface area contributed by atoms with Crippen LogP contribution < -0.4 is 10.1 Å². The molecule has 202 valence electrons. The maximum atomic E-state index is 13.3. The van der Waals surface area contributed by atoms with Crippen molar-refractivity contribution in [2.45, 2.75) is 26.1 Å². The number of hydrogen-bond acceptors (Lipinski definition) is 5. The number of amides is 2. The third-order valence-corrected chi connectivity index (χ3v) is 5.44. The molecule has 10 nitrogen and oxygen atoms in total. The highest BCUT2D eigenvalue weighted by Crippen LogP contribution is 2.35. The van der Waals surface area contributed by atoms with Gasteiger partial charge in [0.15, 0.2) is 0 Å². The van der Waals surface area contributed by atoms with Crippen LogP contribution in [0.15, 0.2) is 48.7 Å². The first-order valence-electron chi connectivity index (χ1n) is 11.3. The van der Waals surface area contributed by atoms with Crippen molar-refractivity contribution in [3.63, 3.8) is 0 Å². The Bertz CT molecular complexity index is 1500. The highest BCUT2D eigenvalue weighted by atomic mass is 19.4. The van der Waals surface area contributed by atoms with Crippen molar-refractivity contribution in [2.75, 3.05) is 26.5 Å². The SMILES string of the molecule is COc1ncccc1NC(=O)c1cc2c(c3ccccc3n2C(C)C)n1C(=O)N(C)C.O=C(O)C(F)(F)F. The molecule has 0 bridgehead atoms. The number of alkyl halides is 3. The van der Waals surface area contributed by atoms with Gasteiger partial charge in [0.05, 0.1) is 23.7 Å². The average molecular weight is 534 g/mol. The van der Waals surface area contributed by atoms with Gasteiger partial charge in [-0.3, -0.25) is 9.36 Å². The largest absolute Gasteiger partial charge is 0.490 e. The highest BCUT2D eigenvalue weighted by molar-refractivity contribution is 6.16. The number of rotatable bonds is 4. The second-order valence-electron chi connectivity index (χ2n) is 8.57. The molecule has 2 N–H and O–H groups in total. The molecule has 0 aliphatic heterocycles. The number of halogens is 3. The number of methoxy groups -OCH3 is 1. The summed E-state index contributed by atoms with van der Waals surface area (Å²) in [6.07, 6.45) is -3.50. The van der Waals surface area contributed by atoms with Crippen molar-refractivity contribution < 1.29 is 37.4 Å². The van der Waals surface area contributed by atoms with E-state index in [1.807, 2.05) is 24.3 Å². The molecule has 0 fully saturated rings. The Labute approximate surface area is 215 Å². The van der Waals surface area contributed by atoms with Gasteiger partial charge in [0, 0.05) is 31.7 Å². The minimum absolute atomic E-state index is 0.141. The molecule has 0 atom stereocenters. The van der Waals surface area contributed by atoms with Gasteiger partial charge in [0.2, 0.25) is 5.88 Å². The van der Waals surface area contributed by atoms with E-state index >= 15 is 0 Å². The van der Waals surface area contributed by atoms with E-state index in [9.17, 15) is 22.8 Å². The zero-order chi connectivity index (χ0) is 28.4. The first-order chi connectivity index (χ1) is 17.8. The Balaban J connectivity index is 0.000000505. The van der Waals surface area contributed by atoms with Gasteiger partial charge in [0.25, 0.3) is 5.91 Å². The Kier molecular flexibility index (Phi) is 7.98. The molecule has 0 radical (unpaired) electrons. The molecule has 0 saturated carbocycles. The van der Waals surface area contributed by atoms with Crippen LogP contribution in [0.2, 0.25) is 0 Å². The number of ether oxygens (including phenoxy) is 1. The molecule has 4 aromatic rings. The number of carboxylic acids is 1. The maximum Gasteiger partial charge on any atom is 0.490 e. The number of benzene rings is 1. The third-order valence-electron chi connectivity index (χ3n) is 5.44. The Hall–Kier alpha value is -4.55. The first kappa shape index (κ1) is 28.0. The lowest BCUT2D eigenvalue weighted by molar-refractivity contribution is -0.192. The molecule has 38 heavy (non-hydrogen) atoms. The molecule has 0 aliphatic carbocycles. The van der Waals surface area contributed by atoms with Crippen molar-refractivity contribution >= 4 is 45.5 Å². The van der Waals surface area contributed by atoms with Crippen LogP contribution >= 0.6 is 0 Å². The van der Waals surface area contributed by atoms with E-state index in [1.54, 1.807) is 38.5 Å². The zero-order valence-corrected chi connectivity index (χ0v) is 21.2. The predicted octanol–water partition coefficient (Wildman–Crippen LogP) is 5.00. The predicted molar refractivity (Wildman–Crippen MR) is 135 cm³/mol. The Morgan fingerprint density at radius 1 is 1.08 bits per heavy atom. The van der Waals surface area contributed by atoms with Crippen LogP contribution in [0.5, 0.6) is 5.88 Å². The number of fused-ring (bicyclic) bond motifs is 3. The Morgan fingerprint density at radius 3 is 2.26 bits per heavy atom. The van der Waals surface area contributed by atoms with Crippen molar-refractivity contribution in [1.29, 1.82) is 0 Å². The van der Waals surface area contributed by atoms with Crippen LogP contribution in [-0.2, 0) is 4.79 Å². The fourth-order valence-electron chi connectivity index (χ4n) is 3.91. The summed E-state index contributed by atoms with van der Waals surface area (Å²) in [5.41, 5.74) is 3.24. The van der Waals surface area contributed by atoms with Gasteiger partial charge in [-0.15, -0.1) is 0 Å². The van der Waals surface area contributed by atoms with E-state index in [4.69, 9.17) is 14.6 Å². The number of aromatic nitrogens is 3. The van der Waals surface area contributed by atoms with E-state index in [2.05, 4.69) is 28.7 Å². The van der Waals surface area contributed by atoms with Gasteiger partial charge in [-0.2, -0.15) is 13.2 Å². The smallest absolute Gasteiger partial charge is 0.480 e. The summed E-state index contributed by atoms with van der Waals surface area (Å²) >= 11 is 0. The zero-order valence-electron chi connectivity index (χ0n) is 21.2. The van der Waals surface area contributed by atoms with Crippen LogP contribution in [0, 0.1) is 0 Å². The molecule has 0 spiro atoms. The van der Waals surface area contributed by atoms with Gasteiger partial charge in [-0.1, -0.05) is 18.2 Å². The molecule has 0 aliphatic rings. The van der Waals surface area contributed by atoms with Crippen molar-refractivity contribution in [2.24, 2.45) is 0 Å². The minimum atomic E-state index is -5.08. The van der Waals surface area contributed by atoms with E-state index < -0.39 is 18.1 Å². The minimum Gasteiger partial charge on any atom is -0.480 e. The number of anilines is 1. The van der Waals surface area contributed by atoms with Crippen molar-refractivity contribution in [3.8, 4) is 5.88 Å². The highest BCUT2D eigenvalue weighted by Gasteiger charge is 2.38. The topological polar surface area (TPSA) is 119 Å². The van der Waals surface area contributed by atoms with Crippen LogP contribution in [0.1, 0.15) is 30.4 Å². The molecule has 2 amide bonds. The molecular formula is C25H26F3N5O5. The quantitative estimate of drug-likeness (QED) is 0.381. The molecular weight excluding hydrogens is 507 g/mol. The summed E-state index contributed by atoms with van der Waals surface area (Å²) in [6.45, 7) is 4.16. The number of aliphatic carboxylic acids is 1. The van der Waals surface area contributed by atoms with Gasteiger partial charge in [0.1, 0.15) is 11.4 Å². The van der Waals surface area contributed by atoms with Gasteiger partial charge < -0.3 is 24.6 Å². The van der Waals surface area contributed by atoms with Gasteiger partial charge >= 0.3 is 18.2 Å². The second-order valence-corrected chi connectivity index (χ2v) is 8.57. The molecule has 0 saturated heterocycles. The van der Waals surface area contributed by atoms with Crippen LogP contribution in [0.3, 0.4) is 0 Å². The van der Waals surface area contributed by atoms with E-state index in [0.717, 1.165) is 16.4 Å². The monoisotopic (exact) mass is 533 g/mol. The number of nitrogens with one attached hydrogen (secondary N) is 1. The summed E-state index contributed by atoms with van der Waals surface area (Å²) in [7, 11) is 4.82. The number of carbonyl (C=O) groups excluding carboxylic acids is 2. The number of carbonyl (C=O) groups is 3. The number of hydrogen-bond donors (Lipinski definition) is 2. The number of pyridine rings is 1. The van der Waals surface area contributed by atoms with Crippen molar-refractivity contribution in [3.05, 3.63) is 54.4 Å². The van der Waals surface area contributed by atoms with Crippen LogP contribution in [-0.4, -0.2) is 69.4 Å². The van der Waals surface area contributed by atoms with Crippen LogP contribution in [0.25, 0.3) is 21.9 Å². The van der Waals surface area contributed by atoms with Crippen LogP contribution in [0.4, 0.5) is 23.7 Å². The standard InChI is InChI=1S/C23H25N5O3.C2HF3O2/c1-14(2)27-17-11-7-6-9-15(17)20-18(27)13-19(28(20)23(30)26(3)4)21(29)25-16-10-8-12-24-22(16)31-5;3-2(4,5)1(6)7/h6-14H,1-5H3,(H,25,29);(H,6,7). The lowest BCUT2D eigenvalue weighted by Crippen LogP contribution is -2.30. The normalized spacial score (nSPS) is 11.3. The van der Waals surface area contributed by atoms with Crippen molar-refractivity contribution in [1.82, 2.24) is 19.0 Å². The summed E-state index contributed by atoms with van der Waals surface area (Å²) in [6, 6.07) is 12.9. The van der Waals surface area contributed by atoms with Gasteiger partial charge in [-0.25, -0.2) is 14.6 Å². The van der Waals surface area contributed by atoms with Gasteiger partial charge in [-0.05, 0) is 38.1 Å². The average Bonchev–Trinajstić information content (AvgIpc) is 3.38. The summed E-state index contributed by atoms with van der Waals surface area (Å²) in [5.74, 6) is -2.88. The molecule has 13 heteroatoms. The molecule has 3 aromatic heterocycles. The van der Waals surface area contributed by atoms with E-state index in [-0.39, 0.29) is 17.8 Å². The fraction of sp³-hybridized carbons (Fsp3) is 0.280. The first-order valence-corrected chi connectivity index (χ1v) is 11.3. The lowest BCUT2D eigenvalue weighted by Gasteiger charge is -2.15. The van der Waals surface area contributed by atoms with E-state index in [1.165, 1.54) is 16.6 Å². The maximum absolute atomic E-state index is 13.3. The third kappa shape index (κ3) is 5.41. The number of para-hydroxylation sites is 1. The number of nitrogens with zero attached hydrogens (tertiary/aromatic N) is 4. The summed E-state index contributed by atoms with van der Waals surface area (Å²) in [4.78, 5) is 41.0. The second kappa shape index (κ2) is 10.8. The molecule has 3 heterocycles. The molecule has 0 unspecified atom stereocenters. The molecule has 4 rings (SSSR count).